The van der Waals surface area contributed by atoms with Crippen molar-refractivity contribution in [3.05, 3.63) is 54.0 Å². The second-order valence-corrected chi connectivity index (χ2v) is 4.18. The van der Waals surface area contributed by atoms with E-state index in [-0.39, 0.29) is 0 Å². The highest BCUT2D eigenvalue weighted by molar-refractivity contribution is 5.71. The lowest BCUT2D eigenvalue weighted by Crippen LogP contribution is -1.99. The summed E-state index contributed by atoms with van der Waals surface area (Å²) in [6, 6.07) is 12.5. The van der Waals surface area contributed by atoms with Gasteiger partial charge in [0.25, 0.3) is 0 Å². The number of aromatic nitrogens is 3. The molecule has 0 aliphatic carbocycles. The maximum absolute atomic E-state index is 4.25. The molecule has 0 aliphatic rings. The fourth-order valence-corrected chi connectivity index (χ4v) is 2.31. The lowest BCUT2D eigenvalue weighted by molar-refractivity contribution is 0.913. The largest absolute Gasteiger partial charge is 0.218 e. The van der Waals surface area contributed by atoms with E-state index in [4.69, 9.17) is 0 Å². The van der Waals surface area contributed by atoms with Crippen LogP contribution < -0.4 is 0 Å². The van der Waals surface area contributed by atoms with Gasteiger partial charge in [0.2, 0.25) is 0 Å². The highest BCUT2D eigenvalue weighted by Gasteiger charge is 2.10. The van der Waals surface area contributed by atoms with Crippen molar-refractivity contribution in [2.45, 2.75) is 13.8 Å². The molecule has 0 atom stereocenters. The molecule has 17 heavy (non-hydrogen) atoms. The van der Waals surface area contributed by atoms with Crippen molar-refractivity contribution in [2.24, 2.45) is 0 Å². The van der Waals surface area contributed by atoms with Crippen LogP contribution in [-0.2, 0) is 0 Å². The topological polar surface area (TPSA) is 30.2 Å². The van der Waals surface area contributed by atoms with Crippen molar-refractivity contribution in [3.8, 4) is 11.1 Å². The minimum Gasteiger partial charge on any atom is -0.218 e. The minimum absolute atomic E-state index is 0.902. The number of fused-ring (bicyclic) bond motifs is 1. The Morgan fingerprint density at radius 3 is 2.59 bits per heavy atom. The normalized spacial score (nSPS) is 10.9. The number of nitrogens with zero attached hydrogens (tertiary/aromatic N) is 3. The van der Waals surface area contributed by atoms with Gasteiger partial charge in [0.15, 0.2) is 5.65 Å². The lowest BCUT2D eigenvalue weighted by atomic mass is 9.99. The molecule has 0 aliphatic heterocycles. The van der Waals surface area contributed by atoms with Crippen LogP contribution in [0.3, 0.4) is 0 Å². The average molecular weight is 223 g/mol. The summed E-state index contributed by atoms with van der Waals surface area (Å²) >= 11 is 0. The molecule has 2 heterocycles. The Labute approximate surface area is 99.7 Å². The molecule has 2 aromatic heterocycles. The molecule has 0 amide bonds. The molecule has 0 saturated heterocycles. The van der Waals surface area contributed by atoms with E-state index in [0.29, 0.717) is 0 Å². The van der Waals surface area contributed by atoms with Gasteiger partial charge in [0, 0.05) is 11.3 Å². The van der Waals surface area contributed by atoms with Gasteiger partial charge in [-0.2, -0.15) is 5.10 Å². The van der Waals surface area contributed by atoms with Crippen LogP contribution in [0.5, 0.6) is 0 Å². The quantitative estimate of drug-likeness (QED) is 0.634. The third-order valence-corrected chi connectivity index (χ3v) is 3.06. The predicted molar refractivity (Wildman–Crippen MR) is 67.9 cm³/mol. The molecule has 3 heteroatoms. The number of aryl methyl sites for hydroxylation is 2. The number of benzene rings is 1. The Kier molecular flexibility index (Phi) is 2.18. The first kappa shape index (κ1) is 10.0. The molecular formula is C14H13N3. The van der Waals surface area contributed by atoms with Gasteiger partial charge < -0.3 is 0 Å². The monoisotopic (exact) mass is 223 g/mol. The molecule has 0 bridgehead atoms. The summed E-state index contributed by atoms with van der Waals surface area (Å²) in [6.45, 7) is 4.20. The highest BCUT2D eigenvalue weighted by atomic mass is 15.3. The Balaban J connectivity index is 2.36. The highest BCUT2D eigenvalue weighted by Crippen LogP contribution is 2.27. The van der Waals surface area contributed by atoms with Crippen LogP contribution in [-0.4, -0.2) is 14.6 Å². The van der Waals surface area contributed by atoms with Crippen LogP contribution in [0, 0.1) is 13.8 Å². The maximum Gasteiger partial charge on any atom is 0.155 e. The number of pyridine rings is 1. The smallest absolute Gasteiger partial charge is 0.155 e. The summed E-state index contributed by atoms with van der Waals surface area (Å²) in [4.78, 5) is 4.23. The summed E-state index contributed by atoms with van der Waals surface area (Å²) < 4.78 is 1.88. The van der Waals surface area contributed by atoms with Crippen molar-refractivity contribution >= 4 is 5.65 Å². The van der Waals surface area contributed by atoms with Gasteiger partial charge in [-0.25, -0.2) is 9.50 Å². The predicted octanol–water partition coefficient (Wildman–Crippen LogP) is 3.01. The van der Waals surface area contributed by atoms with Gasteiger partial charge in [-0.05, 0) is 31.0 Å². The Morgan fingerprint density at radius 2 is 1.82 bits per heavy atom. The van der Waals surface area contributed by atoms with Gasteiger partial charge in [-0.3, -0.25) is 0 Å². The fourth-order valence-electron chi connectivity index (χ4n) is 2.31. The molecule has 3 aromatic rings. The second-order valence-electron chi connectivity index (χ2n) is 4.18. The van der Waals surface area contributed by atoms with Gasteiger partial charge in [-0.15, -0.1) is 0 Å². The first-order chi connectivity index (χ1) is 8.27. The van der Waals surface area contributed by atoms with E-state index in [1.807, 2.05) is 10.6 Å². The van der Waals surface area contributed by atoms with E-state index < -0.39 is 0 Å². The summed E-state index contributed by atoms with van der Waals surface area (Å²) in [6.07, 6.45) is 1.59. The fraction of sp³-hybridized carbons (Fsp3) is 0.143. The lowest BCUT2D eigenvalue weighted by Gasteiger charge is -2.11. The van der Waals surface area contributed by atoms with E-state index in [0.717, 1.165) is 11.3 Å². The zero-order chi connectivity index (χ0) is 11.8. The van der Waals surface area contributed by atoms with Crippen LogP contribution in [0.25, 0.3) is 16.8 Å². The van der Waals surface area contributed by atoms with Gasteiger partial charge in [0.1, 0.15) is 6.33 Å². The van der Waals surface area contributed by atoms with Crippen molar-refractivity contribution < 1.29 is 0 Å². The molecule has 0 radical (unpaired) electrons. The van der Waals surface area contributed by atoms with Crippen molar-refractivity contribution in [1.29, 1.82) is 0 Å². The van der Waals surface area contributed by atoms with E-state index >= 15 is 0 Å². The first-order valence-electron chi connectivity index (χ1n) is 5.63. The van der Waals surface area contributed by atoms with Gasteiger partial charge in [-0.1, -0.05) is 30.3 Å². The van der Waals surface area contributed by atoms with E-state index in [1.165, 1.54) is 16.7 Å². The second kappa shape index (κ2) is 3.70. The molecule has 0 fully saturated rings. The number of hydrogen-bond donors (Lipinski definition) is 0. The molecule has 0 unspecified atom stereocenters. The third kappa shape index (κ3) is 1.51. The SMILES string of the molecule is Cc1cc2ncnn2c(C)c1-c1ccccc1. The summed E-state index contributed by atoms with van der Waals surface area (Å²) in [5, 5.41) is 4.25. The van der Waals surface area contributed by atoms with Gasteiger partial charge in [0.05, 0.1) is 0 Å². The van der Waals surface area contributed by atoms with Crippen molar-refractivity contribution in [2.75, 3.05) is 0 Å². The Morgan fingerprint density at radius 1 is 1.06 bits per heavy atom. The Hall–Kier alpha value is -2.16. The van der Waals surface area contributed by atoms with E-state index in [9.17, 15) is 0 Å². The number of hydrogen-bond acceptors (Lipinski definition) is 2. The molecule has 0 spiro atoms. The molecule has 3 rings (SSSR count). The molecule has 1 aromatic carbocycles. The average Bonchev–Trinajstić information content (AvgIpc) is 2.78. The first-order valence-corrected chi connectivity index (χ1v) is 5.63. The summed E-state index contributed by atoms with van der Waals surface area (Å²) in [5.41, 5.74) is 5.72. The molecular weight excluding hydrogens is 210 g/mol. The van der Waals surface area contributed by atoms with Crippen LogP contribution in [0.4, 0.5) is 0 Å². The van der Waals surface area contributed by atoms with Crippen LogP contribution in [0.15, 0.2) is 42.7 Å². The van der Waals surface area contributed by atoms with E-state index in [2.05, 4.69) is 54.3 Å². The Bertz CT molecular complexity index is 669. The van der Waals surface area contributed by atoms with Crippen LogP contribution >= 0.6 is 0 Å². The standard InChI is InChI=1S/C14H13N3/c1-10-8-13-15-9-16-17(13)11(2)14(10)12-6-4-3-5-7-12/h3-9H,1-2H3. The molecule has 84 valence electrons. The summed E-state index contributed by atoms with van der Waals surface area (Å²) in [7, 11) is 0. The zero-order valence-electron chi connectivity index (χ0n) is 9.88. The minimum atomic E-state index is 0.902. The molecule has 0 N–H and O–H groups in total. The van der Waals surface area contributed by atoms with Crippen LogP contribution in [0.1, 0.15) is 11.3 Å². The van der Waals surface area contributed by atoms with Crippen molar-refractivity contribution in [1.82, 2.24) is 14.6 Å². The van der Waals surface area contributed by atoms with Crippen LogP contribution in [0.2, 0.25) is 0 Å². The third-order valence-electron chi connectivity index (χ3n) is 3.06. The van der Waals surface area contributed by atoms with E-state index in [1.54, 1.807) is 6.33 Å². The van der Waals surface area contributed by atoms with Crippen molar-refractivity contribution in [3.63, 3.8) is 0 Å². The van der Waals surface area contributed by atoms with Gasteiger partial charge >= 0.3 is 0 Å². The molecule has 3 nitrogen and oxygen atoms in total. The molecule has 0 saturated carbocycles. The number of rotatable bonds is 1. The maximum atomic E-state index is 4.25. The zero-order valence-corrected chi connectivity index (χ0v) is 9.88. The summed E-state index contributed by atoms with van der Waals surface area (Å²) in [5.74, 6) is 0.